The van der Waals surface area contributed by atoms with Crippen LogP contribution in [0.15, 0.2) is 30.3 Å². The molecule has 0 heterocycles. The van der Waals surface area contributed by atoms with Crippen molar-refractivity contribution in [2.75, 3.05) is 0 Å². The number of rotatable bonds is 6. The maximum absolute atomic E-state index is 11.9. The Hall–Kier alpha value is -1.36. The molecule has 1 amide bonds. The van der Waals surface area contributed by atoms with Gasteiger partial charge in [-0.15, -0.1) is 0 Å². The number of benzene rings is 1. The van der Waals surface area contributed by atoms with Crippen molar-refractivity contribution in [3.05, 3.63) is 35.9 Å². The van der Waals surface area contributed by atoms with Gasteiger partial charge in [0.1, 0.15) is 4.83 Å². The first-order chi connectivity index (χ1) is 8.54. The highest BCUT2D eigenvalue weighted by Gasteiger charge is 2.20. The van der Waals surface area contributed by atoms with Gasteiger partial charge in [-0.05, 0) is 25.0 Å². The fourth-order valence-electron chi connectivity index (χ4n) is 1.54. The molecule has 0 saturated heterocycles. The number of carbonyl (C=O) groups excluding carboxylic acids is 1. The molecule has 4 nitrogen and oxygen atoms in total. The first kappa shape index (κ1) is 14.7. The highest BCUT2D eigenvalue weighted by Crippen LogP contribution is 2.11. The summed E-state index contributed by atoms with van der Waals surface area (Å²) in [7, 11) is 0. The van der Waals surface area contributed by atoms with E-state index >= 15 is 0 Å². The molecule has 0 aromatic heterocycles. The molecule has 0 bridgehead atoms. The van der Waals surface area contributed by atoms with Crippen molar-refractivity contribution in [2.24, 2.45) is 0 Å². The number of carbonyl (C=O) groups is 2. The Balaban J connectivity index is 2.58. The Kier molecular flexibility index (Phi) is 5.85. The van der Waals surface area contributed by atoms with E-state index in [0.29, 0.717) is 18.4 Å². The first-order valence-corrected chi connectivity index (χ1v) is 6.69. The van der Waals surface area contributed by atoms with E-state index in [-0.39, 0.29) is 11.9 Å². The quantitative estimate of drug-likeness (QED) is 0.793. The second-order valence-electron chi connectivity index (χ2n) is 3.99. The molecule has 1 aromatic carbocycles. The van der Waals surface area contributed by atoms with Gasteiger partial charge in [0.25, 0.3) is 5.91 Å². The standard InChI is InChI=1S/C13H16BrNO3/c1-2-10(8-11(14)13(17)18)15-12(16)9-6-4-3-5-7-9/h3-7,10-11H,2,8H2,1H3,(H,15,16)(H,17,18)/t10-,11-/m1/s1. The van der Waals surface area contributed by atoms with Crippen molar-refractivity contribution >= 4 is 27.8 Å². The number of carboxylic acids is 1. The minimum atomic E-state index is -0.914. The number of alkyl halides is 1. The second kappa shape index (κ2) is 7.16. The van der Waals surface area contributed by atoms with Gasteiger partial charge >= 0.3 is 5.97 Å². The van der Waals surface area contributed by atoms with Crippen LogP contribution in [-0.2, 0) is 4.79 Å². The third-order valence-electron chi connectivity index (χ3n) is 2.62. The van der Waals surface area contributed by atoms with Gasteiger partial charge in [0.2, 0.25) is 0 Å². The molecular formula is C13H16BrNO3. The molecule has 0 aliphatic rings. The van der Waals surface area contributed by atoms with Gasteiger partial charge < -0.3 is 10.4 Å². The van der Waals surface area contributed by atoms with Gasteiger partial charge in [0.15, 0.2) is 0 Å². The summed E-state index contributed by atoms with van der Waals surface area (Å²) in [6, 6.07) is 8.72. The molecular weight excluding hydrogens is 298 g/mol. The molecule has 2 N–H and O–H groups in total. The zero-order valence-corrected chi connectivity index (χ0v) is 11.7. The lowest BCUT2D eigenvalue weighted by Crippen LogP contribution is -2.37. The Morgan fingerprint density at radius 3 is 2.44 bits per heavy atom. The van der Waals surface area contributed by atoms with Crippen molar-refractivity contribution < 1.29 is 14.7 Å². The number of amides is 1. The van der Waals surface area contributed by atoms with Gasteiger partial charge in [-0.3, -0.25) is 9.59 Å². The summed E-state index contributed by atoms with van der Waals surface area (Å²) in [4.78, 5) is 22.0. The van der Waals surface area contributed by atoms with E-state index in [1.54, 1.807) is 24.3 Å². The molecule has 1 aromatic rings. The van der Waals surface area contributed by atoms with Crippen molar-refractivity contribution in [1.29, 1.82) is 0 Å². The SMILES string of the molecule is CC[C@H](C[C@@H](Br)C(=O)O)NC(=O)c1ccccc1. The molecule has 0 aliphatic heterocycles. The molecule has 0 radical (unpaired) electrons. The summed E-state index contributed by atoms with van der Waals surface area (Å²) < 4.78 is 0. The van der Waals surface area contributed by atoms with Crippen molar-refractivity contribution in [2.45, 2.75) is 30.6 Å². The smallest absolute Gasteiger partial charge is 0.317 e. The third kappa shape index (κ3) is 4.49. The molecule has 5 heteroatoms. The van der Waals surface area contributed by atoms with Crippen LogP contribution in [0.2, 0.25) is 0 Å². The Morgan fingerprint density at radius 2 is 1.94 bits per heavy atom. The molecule has 0 unspecified atom stereocenters. The lowest BCUT2D eigenvalue weighted by molar-refractivity contribution is -0.136. The van der Waals surface area contributed by atoms with Crippen LogP contribution < -0.4 is 5.32 Å². The highest BCUT2D eigenvalue weighted by atomic mass is 79.9. The predicted octanol–water partition coefficient (Wildman–Crippen LogP) is 2.43. The average Bonchev–Trinajstić information content (AvgIpc) is 2.38. The van der Waals surface area contributed by atoms with Crippen LogP contribution in [0.3, 0.4) is 0 Å². The van der Waals surface area contributed by atoms with E-state index in [1.165, 1.54) is 0 Å². The summed E-state index contributed by atoms with van der Waals surface area (Å²) in [5, 5.41) is 11.7. The van der Waals surface area contributed by atoms with Crippen molar-refractivity contribution in [3.63, 3.8) is 0 Å². The van der Waals surface area contributed by atoms with Gasteiger partial charge in [-0.2, -0.15) is 0 Å². The fourth-order valence-corrected chi connectivity index (χ4v) is 1.99. The molecule has 0 saturated carbocycles. The second-order valence-corrected chi connectivity index (χ2v) is 5.09. The number of nitrogens with one attached hydrogen (secondary N) is 1. The normalized spacial score (nSPS) is 13.7. The lowest BCUT2D eigenvalue weighted by atomic mass is 10.1. The zero-order chi connectivity index (χ0) is 13.5. The van der Waals surface area contributed by atoms with Crippen LogP contribution in [0.4, 0.5) is 0 Å². The van der Waals surface area contributed by atoms with E-state index < -0.39 is 10.8 Å². The van der Waals surface area contributed by atoms with Gasteiger partial charge in [0, 0.05) is 11.6 Å². The largest absolute Gasteiger partial charge is 0.480 e. The van der Waals surface area contributed by atoms with E-state index in [2.05, 4.69) is 21.2 Å². The van der Waals surface area contributed by atoms with Gasteiger partial charge in [-0.25, -0.2) is 0 Å². The van der Waals surface area contributed by atoms with Crippen LogP contribution >= 0.6 is 15.9 Å². The molecule has 0 spiro atoms. The summed E-state index contributed by atoms with van der Waals surface area (Å²) >= 11 is 3.08. The van der Waals surface area contributed by atoms with Crippen LogP contribution in [0.5, 0.6) is 0 Å². The maximum Gasteiger partial charge on any atom is 0.317 e. The summed E-state index contributed by atoms with van der Waals surface area (Å²) in [6.45, 7) is 1.91. The first-order valence-electron chi connectivity index (χ1n) is 5.77. The number of aliphatic carboxylic acids is 1. The average molecular weight is 314 g/mol. The van der Waals surface area contributed by atoms with E-state index in [0.717, 1.165) is 0 Å². The van der Waals surface area contributed by atoms with E-state index in [9.17, 15) is 9.59 Å². The Bertz CT molecular complexity index is 408. The summed E-state index contributed by atoms with van der Waals surface area (Å²) in [5.41, 5.74) is 0.581. The number of hydrogen-bond donors (Lipinski definition) is 2. The zero-order valence-electron chi connectivity index (χ0n) is 10.1. The van der Waals surface area contributed by atoms with Crippen LogP contribution in [0.1, 0.15) is 30.1 Å². The van der Waals surface area contributed by atoms with E-state index in [4.69, 9.17) is 5.11 Å². The molecule has 0 fully saturated rings. The number of carboxylic acid groups (broad SMARTS) is 1. The molecule has 1 rings (SSSR count). The maximum atomic E-state index is 11.9. The van der Waals surface area contributed by atoms with Crippen molar-refractivity contribution in [3.8, 4) is 0 Å². The number of halogens is 1. The van der Waals surface area contributed by atoms with Crippen LogP contribution in [-0.4, -0.2) is 27.9 Å². The minimum absolute atomic E-state index is 0.154. The predicted molar refractivity (Wildman–Crippen MR) is 73.0 cm³/mol. The minimum Gasteiger partial charge on any atom is -0.480 e. The Morgan fingerprint density at radius 1 is 1.33 bits per heavy atom. The van der Waals surface area contributed by atoms with Gasteiger partial charge in [-0.1, -0.05) is 41.1 Å². The lowest BCUT2D eigenvalue weighted by Gasteiger charge is -2.18. The number of hydrogen-bond acceptors (Lipinski definition) is 2. The van der Waals surface area contributed by atoms with Crippen LogP contribution in [0, 0.1) is 0 Å². The topological polar surface area (TPSA) is 66.4 Å². The van der Waals surface area contributed by atoms with E-state index in [1.807, 2.05) is 13.0 Å². The highest BCUT2D eigenvalue weighted by molar-refractivity contribution is 9.10. The monoisotopic (exact) mass is 313 g/mol. The summed E-state index contributed by atoms with van der Waals surface area (Å²) in [5.74, 6) is -1.09. The molecule has 2 atom stereocenters. The Labute approximate surface area is 115 Å². The van der Waals surface area contributed by atoms with Crippen LogP contribution in [0.25, 0.3) is 0 Å². The molecule has 0 aliphatic carbocycles. The van der Waals surface area contributed by atoms with Crippen molar-refractivity contribution in [1.82, 2.24) is 5.32 Å². The molecule has 18 heavy (non-hydrogen) atoms. The summed E-state index contributed by atoms with van der Waals surface area (Å²) in [6.07, 6.45) is 1.05. The third-order valence-corrected chi connectivity index (χ3v) is 3.39. The molecule has 98 valence electrons. The fraction of sp³-hybridized carbons (Fsp3) is 0.385. The van der Waals surface area contributed by atoms with Gasteiger partial charge in [0.05, 0.1) is 0 Å².